The van der Waals surface area contributed by atoms with Crippen molar-refractivity contribution in [2.24, 2.45) is 5.73 Å². The smallest absolute Gasteiger partial charge is 0.326 e. The summed E-state index contributed by atoms with van der Waals surface area (Å²) in [6, 6.07) is 20.8. The van der Waals surface area contributed by atoms with Gasteiger partial charge in [-0.15, -0.1) is 0 Å². The molecule has 5 aromatic rings. The van der Waals surface area contributed by atoms with E-state index in [4.69, 9.17) is 10.7 Å². The van der Waals surface area contributed by atoms with Gasteiger partial charge in [-0.05, 0) is 48.0 Å². The Hall–Kier alpha value is -4.39. The molecule has 7 nitrogen and oxygen atoms in total. The van der Waals surface area contributed by atoms with Gasteiger partial charge < -0.3 is 16.2 Å². The summed E-state index contributed by atoms with van der Waals surface area (Å²) in [4.78, 5) is 20.8. The number of nitrogens with one attached hydrogen (secondary N) is 1. The second-order valence-corrected chi connectivity index (χ2v) is 7.10. The van der Waals surface area contributed by atoms with Gasteiger partial charge in [0.1, 0.15) is 0 Å². The summed E-state index contributed by atoms with van der Waals surface area (Å²) in [5, 5.41) is 15.9. The Balaban J connectivity index is 1.70. The minimum Gasteiger partial charge on any atom is -0.494 e. The average Bonchev–Trinajstić information content (AvgIpc) is 3.10. The van der Waals surface area contributed by atoms with Gasteiger partial charge >= 0.3 is 6.03 Å². The fourth-order valence-corrected chi connectivity index (χ4v) is 3.79. The molecule has 3 aromatic heterocycles. The molecular weight excluding hydrogens is 390 g/mol. The van der Waals surface area contributed by atoms with Crippen LogP contribution < -0.4 is 11.1 Å². The van der Waals surface area contributed by atoms with Gasteiger partial charge in [0.25, 0.3) is 0 Å². The van der Waals surface area contributed by atoms with E-state index in [2.05, 4.69) is 16.4 Å². The molecule has 0 saturated heterocycles. The number of aromatic nitrogens is 3. The van der Waals surface area contributed by atoms with Crippen LogP contribution in [0.3, 0.4) is 0 Å². The lowest BCUT2D eigenvalue weighted by molar-refractivity contribution is 0.248. The minimum atomic E-state index is -0.767. The fourth-order valence-electron chi connectivity index (χ4n) is 3.79. The first-order valence-corrected chi connectivity index (χ1v) is 9.69. The van der Waals surface area contributed by atoms with Gasteiger partial charge in [-0.3, -0.25) is 4.98 Å². The van der Waals surface area contributed by atoms with E-state index in [1.807, 2.05) is 42.5 Å². The van der Waals surface area contributed by atoms with Crippen LogP contribution in [0.25, 0.3) is 33.1 Å². The van der Waals surface area contributed by atoms with E-state index in [1.165, 1.54) is 0 Å². The number of fused-ring (bicyclic) bond motifs is 2. The Labute approximate surface area is 177 Å². The van der Waals surface area contributed by atoms with Crippen LogP contribution in [0.5, 0.6) is 5.88 Å². The van der Waals surface area contributed by atoms with Crippen LogP contribution >= 0.6 is 0 Å². The molecule has 2 aromatic carbocycles. The van der Waals surface area contributed by atoms with Gasteiger partial charge in [-0.25, -0.2) is 14.3 Å². The lowest BCUT2D eigenvalue weighted by atomic mass is 10.1. The Morgan fingerprint density at radius 2 is 1.94 bits per heavy atom. The number of aromatic hydroxyl groups is 1. The molecule has 0 aliphatic rings. The van der Waals surface area contributed by atoms with Crippen molar-refractivity contribution in [3.63, 3.8) is 0 Å². The third kappa shape index (κ3) is 3.22. The molecule has 4 N–H and O–H groups in total. The van der Waals surface area contributed by atoms with Crippen LogP contribution in [-0.4, -0.2) is 25.7 Å². The molecule has 0 aliphatic carbocycles. The van der Waals surface area contributed by atoms with Crippen molar-refractivity contribution in [3.8, 4) is 17.1 Å². The molecule has 1 radical (unpaired) electrons. The Morgan fingerprint density at radius 3 is 2.74 bits per heavy atom. The zero-order valence-corrected chi connectivity index (χ0v) is 16.4. The van der Waals surface area contributed by atoms with Crippen molar-refractivity contribution in [2.75, 3.05) is 5.32 Å². The standard InChI is InChI=1S/C24H18N5O2/c25-24(31)29-21-8-4-2-6-17(21)22(23(29)30)20-13-19(16-5-1-3-7-18(16)28-20)27-14-15-9-11-26-12-10-15/h1,3-13,30H,14H2,(H2,25,31)(H,27,28). The number of amides is 1. The van der Waals surface area contributed by atoms with E-state index < -0.39 is 6.03 Å². The van der Waals surface area contributed by atoms with Crippen LogP contribution in [0, 0.1) is 6.07 Å². The first-order valence-electron chi connectivity index (χ1n) is 9.69. The maximum absolute atomic E-state index is 12.0. The second kappa shape index (κ2) is 7.46. The van der Waals surface area contributed by atoms with Crippen LogP contribution in [-0.2, 0) is 6.54 Å². The molecule has 1 amide bonds. The number of primary amides is 1. The molecule has 0 saturated carbocycles. The number of nitrogens with zero attached hydrogens (tertiary/aromatic N) is 3. The predicted molar refractivity (Wildman–Crippen MR) is 120 cm³/mol. The summed E-state index contributed by atoms with van der Waals surface area (Å²) in [5.74, 6) is -0.245. The highest BCUT2D eigenvalue weighted by Crippen LogP contribution is 2.40. The van der Waals surface area contributed by atoms with Crippen molar-refractivity contribution in [1.29, 1.82) is 0 Å². The fraction of sp³-hybridized carbons (Fsp3) is 0.0417. The number of benzene rings is 2. The lowest BCUT2D eigenvalue weighted by Crippen LogP contribution is -2.18. The summed E-state index contributed by atoms with van der Waals surface area (Å²) in [5.41, 5.74) is 9.68. The molecule has 0 fully saturated rings. The number of carbonyl (C=O) groups is 1. The van der Waals surface area contributed by atoms with Gasteiger partial charge in [0.05, 0.1) is 22.3 Å². The Kier molecular flexibility index (Phi) is 4.48. The topological polar surface area (TPSA) is 106 Å². The largest absolute Gasteiger partial charge is 0.494 e. The number of carbonyl (C=O) groups excluding carboxylic acids is 1. The number of rotatable bonds is 4. The number of nitrogens with two attached hydrogens (primary N) is 1. The summed E-state index contributed by atoms with van der Waals surface area (Å²) < 4.78 is 1.08. The molecule has 5 rings (SSSR count). The van der Waals surface area contributed by atoms with Crippen LogP contribution in [0.4, 0.5) is 10.5 Å². The molecule has 3 heterocycles. The van der Waals surface area contributed by atoms with E-state index in [-0.39, 0.29) is 5.88 Å². The van der Waals surface area contributed by atoms with Crippen LogP contribution in [0.1, 0.15) is 5.56 Å². The summed E-state index contributed by atoms with van der Waals surface area (Å²) in [6.45, 7) is 0.596. The molecule has 0 spiro atoms. The van der Waals surface area contributed by atoms with Crippen LogP contribution in [0.2, 0.25) is 0 Å². The zero-order chi connectivity index (χ0) is 21.4. The molecular formula is C24H18N5O2. The average molecular weight is 408 g/mol. The molecule has 7 heteroatoms. The summed E-state index contributed by atoms with van der Waals surface area (Å²) in [7, 11) is 0. The van der Waals surface area contributed by atoms with Crippen molar-refractivity contribution < 1.29 is 9.90 Å². The second-order valence-electron chi connectivity index (χ2n) is 7.10. The van der Waals surface area contributed by atoms with E-state index in [0.29, 0.717) is 28.7 Å². The van der Waals surface area contributed by atoms with Crippen molar-refractivity contribution in [2.45, 2.75) is 6.54 Å². The Bertz CT molecular complexity index is 1430. The first kappa shape index (κ1) is 18.6. The van der Waals surface area contributed by atoms with Gasteiger partial charge in [0.2, 0.25) is 5.88 Å². The number of anilines is 1. The highest BCUT2D eigenvalue weighted by Gasteiger charge is 2.22. The number of hydrogen-bond acceptors (Lipinski definition) is 5. The molecule has 0 aliphatic heterocycles. The minimum absolute atomic E-state index is 0.245. The number of pyridine rings is 2. The van der Waals surface area contributed by atoms with E-state index in [9.17, 15) is 9.90 Å². The maximum atomic E-state index is 12.0. The lowest BCUT2D eigenvalue weighted by Gasteiger charge is -2.12. The Morgan fingerprint density at radius 1 is 1.13 bits per heavy atom. The monoisotopic (exact) mass is 408 g/mol. The third-order valence-corrected chi connectivity index (χ3v) is 5.21. The predicted octanol–water partition coefficient (Wildman–Crippen LogP) is 4.30. The molecule has 151 valence electrons. The van der Waals surface area contributed by atoms with Crippen molar-refractivity contribution in [3.05, 3.63) is 84.7 Å². The molecule has 0 unspecified atom stereocenters. The normalized spacial score (nSPS) is 11.1. The summed E-state index contributed by atoms with van der Waals surface area (Å²) >= 11 is 0. The van der Waals surface area contributed by atoms with Crippen LogP contribution in [0.15, 0.2) is 73.1 Å². The van der Waals surface area contributed by atoms with E-state index >= 15 is 0 Å². The number of hydrogen-bond donors (Lipinski definition) is 3. The zero-order valence-electron chi connectivity index (χ0n) is 16.4. The molecule has 31 heavy (non-hydrogen) atoms. The SMILES string of the molecule is NC(=O)n1c(O)c(-c2cc(NCc3ccncc3)c3ccccc3n2)c2c[c]ccc21. The molecule has 0 bridgehead atoms. The highest BCUT2D eigenvalue weighted by molar-refractivity contribution is 6.05. The van der Waals surface area contributed by atoms with Crippen molar-refractivity contribution >= 4 is 33.5 Å². The van der Waals surface area contributed by atoms with E-state index in [0.717, 1.165) is 26.7 Å². The quantitative estimate of drug-likeness (QED) is 0.411. The summed E-state index contributed by atoms with van der Waals surface area (Å²) in [6.07, 6.45) is 3.50. The molecule has 0 atom stereocenters. The van der Waals surface area contributed by atoms with Gasteiger partial charge in [-0.2, -0.15) is 0 Å². The first-order chi connectivity index (χ1) is 15.1. The van der Waals surface area contributed by atoms with Gasteiger partial charge in [0, 0.05) is 35.4 Å². The highest BCUT2D eigenvalue weighted by atomic mass is 16.3. The number of para-hydroxylation sites is 1. The van der Waals surface area contributed by atoms with Gasteiger partial charge in [0.15, 0.2) is 0 Å². The maximum Gasteiger partial charge on any atom is 0.326 e. The van der Waals surface area contributed by atoms with Gasteiger partial charge in [-0.1, -0.05) is 24.3 Å². The van der Waals surface area contributed by atoms with E-state index in [1.54, 1.807) is 30.6 Å². The van der Waals surface area contributed by atoms with Crippen molar-refractivity contribution in [1.82, 2.24) is 14.5 Å². The third-order valence-electron chi connectivity index (χ3n) is 5.21.